The van der Waals surface area contributed by atoms with Crippen molar-refractivity contribution < 1.29 is 22.5 Å². The van der Waals surface area contributed by atoms with E-state index >= 15 is 0 Å². The van der Waals surface area contributed by atoms with Gasteiger partial charge in [0.15, 0.2) is 5.60 Å². The summed E-state index contributed by atoms with van der Waals surface area (Å²) in [6.45, 7) is -0.283. The van der Waals surface area contributed by atoms with Crippen molar-refractivity contribution in [3.8, 4) is 0 Å². The fourth-order valence-corrected chi connectivity index (χ4v) is 3.68. The van der Waals surface area contributed by atoms with E-state index in [0.29, 0.717) is 4.88 Å². The van der Waals surface area contributed by atoms with Crippen molar-refractivity contribution in [1.29, 1.82) is 0 Å². The molecule has 7 nitrogen and oxygen atoms in total. The average Bonchev–Trinajstić information content (AvgIpc) is 3.28. The third-order valence-electron chi connectivity index (χ3n) is 3.10. The van der Waals surface area contributed by atoms with E-state index in [1.807, 2.05) is 0 Å². The molecular weight excluding hydrogens is 328 g/mol. The number of thiophene rings is 1. The molecule has 1 atom stereocenters. The molecule has 116 valence electrons. The van der Waals surface area contributed by atoms with E-state index in [-0.39, 0.29) is 17.2 Å². The summed E-state index contributed by atoms with van der Waals surface area (Å²) < 4.78 is 36.4. The van der Waals surface area contributed by atoms with Crippen molar-refractivity contribution in [3.05, 3.63) is 59.0 Å². The van der Waals surface area contributed by atoms with Crippen molar-refractivity contribution in [2.75, 3.05) is 6.54 Å². The molecule has 0 aromatic carbocycles. The number of nitrogens with one attached hydrogen (secondary N) is 1. The minimum Gasteiger partial charge on any atom is -0.466 e. The third-order valence-corrected chi connectivity index (χ3v) is 5.46. The lowest BCUT2D eigenvalue weighted by molar-refractivity contribution is 0.0655. The van der Waals surface area contributed by atoms with Crippen molar-refractivity contribution in [3.63, 3.8) is 0 Å². The molecule has 1 unspecified atom stereocenters. The van der Waals surface area contributed by atoms with Gasteiger partial charge in [-0.2, -0.15) is 0 Å². The molecule has 3 rings (SSSR count). The van der Waals surface area contributed by atoms with Gasteiger partial charge in [-0.15, -0.1) is 11.3 Å². The van der Waals surface area contributed by atoms with Crippen LogP contribution >= 0.6 is 11.3 Å². The lowest BCUT2D eigenvalue weighted by Gasteiger charge is -2.25. The van der Waals surface area contributed by atoms with Crippen molar-refractivity contribution in [1.82, 2.24) is 9.88 Å². The maximum atomic E-state index is 12.1. The normalized spacial score (nSPS) is 14.8. The summed E-state index contributed by atoms with van der Waals surface area (Å²) in [6, 6.07) is 6.69. The number of hydrogen-bond acceptors (Lipinski definition) is 7. The molecule has 0 aliphatic rings. The Labute approximate surface area is 130 Å². The predicted molar refractivity (Wildman–Crippen MR) is 77.7 cm³/mol. The first kappa shape index (κ1) is 15.0. The number of nitrogens with zero attached hydrogens (tertiary/aromatic N) is 1. The predicted octanol–water partition coefficient (Wildman–Crippen LogP) is 1.54. The summed E-state index contributed by atoms with van der Waals surface area (Å²) in [5.74, 6) is 0.253. The molecular formula is C13H12N2O5S2. The first-order chi connectivity index (χ1) is 10.5. The smallest absolute Gasteiger partial charge is 0.245 e. The Morgan fingerprint density at radius 3 is 2.82 bits per heavy atom. The van der Waals surface area contributed by atoms with Crippen LogP contribution < -0.4 is 4.72 Å². The second-order valence-electron chi connectivity index (χ2n) is 4.50. The molecule has 22 heavy (non-hydrogen) atoms. The van der Waals surface area contributed by atoms with Crippen LogP contribution in [0.15, 0.2) is 62.2 Å². The lowest BCUT2D eigenvalue weighted by atomic mass is 9.99. The third kappa shape index (κ3) is 2.71. The van der Waals surface area contributed by atoms with Gasteiger partial charge in [0, 0.05) is 4.88 Å². The summed E-state index contributed by atoms with van der Waals surface area (Å²) in [5, 5.41) is 16.1. The van der Waals surface area contributed by atoms with Crippen LogP contribution in [0, 0.1) is 0 Å². The Kier molecular flexibility index (Phi) is 3.87. The van der Waals surface area contributed by atoms with Crippen LogP contribution in [0.4, 0.5) is 0 Å². The molecule has 0 fully saturated rings. The quantitative estimate of drug-likeness (QED) is 0.705. The van der Waals surface area contributed by atoms with Crippen molar-refractivity contribution in [2.45, 2.75) is 10.5 Å². The standard InChI is InChI=1S/C13H12N2O5S2/c16-13(11-3-1-5-19-11,12-4-2-6-21-12)9-15-22(17,18)10-7-14-20-8-10/h1-8,15-16H,9H2. The van der Waals surface area contributed by atoms with Crippen LogP contribution in [0.25, 0.3) is 0 Å². The van der Waals surface area contributed by atoms with E-state index in [1.54, 1.807) is 29.6 Å². The van der Waals surface area contributed by atoms with Gasteiger partial charge in [-0.25, -0.2) is 13.1 Å². The van der Waals surface area contributed by atoms with Gasteiger partial charge < -0.3 is 14.0 Å². The van der Waals surface area contributed by atoms with Crippen LogP contribution in [0.5, 0.6) is 0 Å². The van der Waals surface area contributed by atoms with Gasteiger partial charge in [-0.05, 0) is 23.6 Å². The molecule has 0 spiro atoms. The van der Waals surface area contributed by atoms with Crippen molar-refractivity contribution >= 4 is 21.4 Å². The molecule has 0 saturated heterocycles. The molecule has 0 saturated carbocycles. The number of aromatic nitrogens is 1. The van der Waals surface area contributed by atoms with E-state index in [2.05, 4.69) is 14.4 Å². The van der Waals surface area contributed by atoms with Gasteiger partial charge in [-0.1, -0.05) is 11.2 Å². The number of aliphatic hydroxyl groups is 1. The SMILES string of the molecule is O=S(=O)(NCC(O)(c1ccco1)c1cccs1)c1cnoc1. The first-order valence-corrected chi connectivity index (χ1v) is 8.58. The number of furan rings is 1. The van der Waals surface area contributed by atoms with Gasteiger partial charge in [0.25, 0.3) is 0 Å². The monoisotopic (exact) mass is 340 g/mol. The molecule has 3 heterocycles. The summed E-state index contributed by atoms with van der Waals surface area (Å²) in [7, 11) is -3.84. The maximum absolute atomic E-state index is 12.1. The van der Waals surface area contributed by atoms with Crippen molar-refractivity contribution in [2.24, 2.45) is 0 Å². The maximum Gasteiger partial charge on any atom is 0.245 e. The highest BCUT2D eigenvalue weighted by molar-refractivity contribution is 7.89. The van der Waals surface area contributed by atoms with Crippen LogP contribution in [0.2, 0.25) is 0 Å². The zero-order valence-corrected chi connectivity index (χ0v) is 12.8. The fraction of sp³-hybridized carbons (Fsp3) is 0.154. The average molecular weight is 340 g/mol. The Morgan fingerprint density at radius 1 is 1.36 bits per heavy atom. The molecule has 0 amide bonds. The largest absolute Gasteiger partial charge is 0.466 e. The minimum absolute atomic E-state index is 0.111. The van der Waals surface area contributed by atoms with Crippen LogP contribution in [0.3, 0.4) is 0 Å². The van der Waals surface area contributed by atoms with Crippen LogP contribution in [-0.4, -0.2) is 25.2 Å². The second kappa shape index (κ2) is 5.69. The Bertz CT molecular complexity index is 774. The van der Waals surface area contributed by atoms with Crippen LogP contribution in [0.1, 0.15) is 10.6 Å². The highest BCUT2D eigenvalue weighted by Gasteiger charge is 2.37. The summed E-state index contributed by atoms with van der Waals surface area (Å²) in [5.41, 5.74) is -1.60. The van der Waals surface area contributed by atoms with Gasteiger partial charge in [0.1, 0.15) is 16.9 Å². The Morgan fingerprint density at radius 2 is 2.23 bits per heavy atom. The number of rotatable bonds is 6. The zero-order chi connectivity index (χ0) is 15.6. The van der Waals surface area contributed by atoms with Gasteiger partial charge in [0.2, 0.25) is 10.0 Å². The molecule has 2 N–H and O–H groups in total. The molecule has 0 radical (unpaired) electrons. The van der Waals surface area contributed by atoms with Gasteiger partial charge in [0.05, 0.1) is 19.0 Å². The zero-order valence-electron chi connectivity index (χ0n) is 11.2. The van der Waals surface area contributed by atoms with E-state index in [0.717, 1.165) is 12.5 Å². The molecule has 3 aromatic rings. The molecule has 0 aliphatic carbocycles. The van der Waals surface area contributed by atoms with E-state index < -0.39 is 15.6 Å². The number of hydrogen-bond donors (Lipinski definition) is 2. The van der Waals surface area contributed by atoms with E-state index in [4.69, 9.17) is 4.42 Å². The molecule has 9 heteroatoms. The van der Waals surface area contributed by atoms with Gasteiger partial charge >= 0.3 is 0 Å². The molecule has 0 aliphatic heterocycles. The van der Waals surface area contributed by atoms with Crippen LogP contribution in [-0.2, 0) is 15.6 Å². The highest BCUT2D eigenvalue weighted by atomic mass is 32.2. The fourth-order valence-electron chi connectivity index (χ4n) is 1.93. The summed E-state index contributed by atoms with van der Waals surface area (Å²) in [6.07, 6.45) is 3.52. The topological polar surface area (TPSA) is 106 Å². The van der Waals surface area contributed by atoms with E-state index in [1.165, 1.54) is 17.6 Å². The first-order valence-electron chi connectivity index (χ1n) is 6.22. The van der Waals surface area contributed by atoms with Gasteiger partial charge in [-0.3, -0.25) is 0 Å². The second-order valence-corrected chi connectivity index (χ2v) is 7.21. The Balaban J connectivity index is 1.90. The summed E-state index contributed by atoms with van der Waals surface area (Å²) >= 11 is 1.30. The molecule has 3 aromatic heterocycles. The summed E-state index contributed by atoms with van der Waals surface area (Å²) in [4.78, 5) is 0.455. The van der Waals surface area contributed by atoms with E-state index in [9.17, 15) is 13.5 Å². The highest BCUT2D eigenvalue weighted by Crippen LogP contribution is 2.33. The number of sulfonamides is 1. The minimum atomic E-state index is -3.84. The Hall–Kier alpha value is -1.94. The molecule has 0 bridgehead atoms. The lowest BCUT2D eigenvalue weighted by Crippen LogP contribution is -2.40.